The molecule has 1 aliphatic heterocycles. The van der Waals surface area contributed by atoms with Crippen LogP contribution in [0.2, 0.25) is 0 Å². The third-order valence-electron chi connectivity index (χ3n) is 4.02. The second kappa shape index (κ2) is 10.4. The molecule has 2 heterocycles. The minimum absolute atomic E-state index is 0. The second-order valence-corrected chi connectivity index (χ2v) is 5.79. The van der Waals surface area contributed by atoms with Crippen LogP contribution in [0.4, 0.5) is 0 Å². The topological polar surface area (TPSA) is 71.7 Å². The van der Waals surface area contributed by atoms with Gasteiger partial charge >= 0.3 is 0 Å². The third kappa shape index (κ3) is 6.00. The zero-order valence-corrected chi connectivity index (χ0v) is 16.7. The van der Waals surface area contributed by atoms with E-state index < -0.39 is 0 Å². The van der Waals surface area contributed by atoms with Crippen LogP contribution in [-0.4, -0.2) is 37.2 Å². The Morgan fingerprint density at radius 3 is 2.84 bits per heavy atom. The number of aliphatic imine (C=N–C) groups is 1. The maximum atomic E-state index is 5.62. The molecule has 3 rings (SSSR count). The van der Waals surface area contributed by atoms with Crippen molar-refractivity contribution in [2.45, 2.75) is 31.9 Å². The first-order chi connectivity index (χ1) is 11.8. The average Bonchev–Trinajstić information content (AvgIpc) is 3.30. The van der Waals surface area contributed by atoms with Crippen molar-refractivity contribution in [2.75, 3.05) is 20.2 Å². The Kier molecular flexibility index (Phi) is 8.20. The van der Waals surface area contributed by atoms with Crippen molar-refractivity contribution < 1.29 is 9.15 Å². The highest BCUT2D eigenvalue weighted by Crippen LogP contribution is 2.17. The number of oxazole rings is 1. The van der Waals surface area contributed by atoms with Crippen LogP contribution in [-0.2, 0) is 11.3 Å². The molecule has 0 aliphatic carbocycles. The van der Waals surface area contributed by atoms with Gasteiger partial charge < -0.3 is 19.8 Å². The van der Waals surface area contributed by atoms with E-state index >= 15 is 0 Å². The van der Waals surface area contributed by atoms with Gasteiger partial charge in [0.25, 0.3) is 0 Å². The van der Waals surface area contributed by atoms with E-state index in [2.05, 4.69) is 20.6 Å². The Bertz CT molecular complexity index is 654. The molecule has 6 nitrogen and oxygen atoms in total. The summed E-state index contributed by atoms with van der Waals surface area (Å²) < 4.78 is 11.2. The molecule has 25 heavy (non-hydrogen) atoms. The summed E-state index contributed by atoms with van der Waals surface area (Å²) >= 11 is 0. The number of guanidine groups is 1. The third-order valence-corrected chi connectivity index (χ3v) is 4.02. The summed E-state index contributed by atoms with van der Waals surface area (Å²) in [7, 11) is 1.76. The molecule has 2 aromatic rings. The van der Waals surface area contributed by atoms with E-state index in [1.807, 2.05) is 30.3 Å². The number of aromatic nitrogens is 1. The molecule has 1 aromatic carbocycles. The number of halogens is 1. The highest BCUT2D eigenvalue weighted by atomic mass is 127. The van der Waals surface area contributed by atoms with Crippen molar-refractivity contribution in [1.82, 2.24) is 15.6 Å². The van der Waals surface area contributed by atoms with Gasteiger partial charge in [0.05, 0.1) is 18.3 Å². The molecule has 1 fully saturated rings. The first kappa shape index (κ1) is 19.7. The van der Waals surface area contributed by atoms with Crippen molar-refractivity contribution >= 4 is 29.9 Å². The second-order valence-electron chi connectivity index (χ2n) is 5.79. The Labute approximate surface area is 165 Å². The molecule has 1 atom stereocenters. The van der Waals surface area contributed by atoms with Crippen molar-refractivity contribution in [3.63, 3.8) is 0 Å². The Morgan fingerprint density at radius 1 is 1.28 bits per heavy atom. The predicted octanol–water partition coefficient (Wildman–Crippen LogP) is 3.19. The van der Waals surface area contributed by atoms with Crippen LogP contribution in [0.3, 0.4) is 0 Å². The van der Waals surface area contributed by atoms with Crippen LogP contribution >= 0.6 is 24.0 Å². The van der Waals surface area contributed by atoms with Crippen LogP contribution in [0.5, 0.6) is 0 Å². The van der Waals surface area contributed by atoms with E-state index in [0.717, 1.165) is 43.2 Å². The molecule has 1 saturated heterocycles. The van der Waals surface area contributed by atoms with Crippen molar-refractivity contribution in [1.29, 1.82) is 0 Å². The zero-order valence-electron chi connectivity index (χ0n) is 14.4. The number of rotatable bonds is 6. The van der Waals surface area contributed by atoms with Crippen LogP contribution < -0.4 is 10.6 Å². The van der Waals surface area contributed by atoms with Crippen molar-refractivity contribution in [3.05, 3.63) is 42.3 Å². The predicted molar refractivity (Wildman–Crippen MR) is 109 cm³/mol. The van der Waals surface area contributed by atoms with Gasteiger partial charge in [-0.05, 0) is 31.4 Å². The summed E-state index contributed by atoms with van der Waals surface area (Å²) in [6, 6.07) is 9.87. The quantitative estimate of drug-likeness (QED) is 0.397. The molecule has 0 spiro atoms. The SMILES string of the molecule is CN=C(NCCC1CCCO1)NCc1coc(-c2ccccc2)n1.I. The van der Waals surface area contributed by atoms with Gasteiger partial charge in [0, 0.05) is 25.8 Å². The van der Waals surface area contributed by atoms with E-state index in [1.54, 1.807) is 13.3 Å². The summed E-state index contributed by atoms with van der Waals surface area (Å²) in [5, 5.41) is 6.56. The van der Waals surface area contributed by atoms with Gasteiger partial charge in [-0.2, -0.15) is 0 Å². The smallest absolute Gasteiger partial charge is 0.226 e. The average molecular weight is 456 g/mol. The Hall–Kier alpha value is -1.61. The number of ether oxygens (including phenoxy) is 1. The minimum atomic E-state index is 0. The normalized spacial score (nSPS) is 17.2. The van der Waals surface area contributed by atoms with Gasteiger partial charge in [-0.1, -0.05) is 18.2 Å². The monoisotopic (exact) mass is 456 g/mol. The molecule has 1 unspecified atom stereocenters. The lowest BCUT2D eigenvalue weighted by molar-refractivity contribution is 0.105. The number of hydrogen-bond acceptors (Lipinski definition) is 4. The van der Waals surface area contributed by atoms with Gasteiger partial charge in [-0.25, -0.2) is 4.98 Å². The number of hydrogen-bond donors (Lipinski definition) is 2. The van der Waals surface area contributed by atoms with E-state index in [-0.39, 0.29) is 24.0 Å². The molecular weight excluding hydrogens is 431 g/mol. The Morgan fingerprint density at radius 2 is 2.12 bits per heavy atom. The molecular formula is C18H25IN4O2. The van der Waals surface area contributed by atoms with Crippen molar-refractivity contribution in [2.24, 2.45) is 4.99 Å². The van der Waals surface area contributed by atoms with E-state index in [9.17, 15) is 0 Å². The van der Waals surface area contributed by atoms with Gasteiger partial charge in [-0.3, -0.25) is 4.99 Å². The highest BCUT2D eigenvalue weighted by Gasteiger charge is 2.14. The van der Waals surface area contributed by atoms with Crippen LogP contribution in [0.15, 0.2) is 46.0 Å². The van der Waals surface area contributed by atoms with Crippen molar-refractivity contribution in [3.8, 4) is 11.5 Å². The maximum absolute atomic E-state index is 5.62. The van der Waals surface area contributed by atoms with Crippen LogP contribution in [0.25, 0.3) is 11.5 Å². The summed E-state index contributed by atoms with van der Waals surface area (Å²) in [5.41, 5.74) is 1.82. The summed E-state index contributed by atoms with van der Waals surface area (Å²) in [6.07, 6.45) is 5.40. The molecule has 0 amide bonds. The molecule has 0 saturated carbocycles. The fourth-order valence-electron chi connectivity index (χ4n) is 2.72. The van der Waals surface area contributed by atoms with E-state index in [0.29, 0.717) is 18.5 Å². The fourth-order valence-corrected chi connectivity index (χ4v) is 2.72. The number of nitrogens with zero attached hydrogens (tertiary/aromatic N) is 2. The lowest BCUT2D eigenvalue weighted by Gasteiger charge is -2.13. The molecule has 0 radical (unpaired) electrons. The molecule has 7 heteroatoms. The highest BCUT2D eigenvalue weighted by molar-refractivity contribution is 14.0. The van der Waals surface area contributed by atoms with Crippen LogP contribution in [0, 0.1) is 0 Å². The van der Waals surface area contributed by atoms with Gasteiger partial charge in [0.2, 0.25) is 5.89 Å². The van der Waals surface area contributed by atoms with Crippen LogP contribution in [0.1, 0.15) is 25.0 Å². The molecule has 1 aromatic heterocycles. The number of benzene rings is 1. The molecule has 136 valence electrons. The first-order valence-corrected chi connectivity index (χ1v) is 8.41. The number of nitrogens with one attached hydrogen (secondary N) is 2. The minimum Gasteiger partial charge on any atom is -0.444 e. The summed E-state index contributed by atoms with van der Waals surface area (Å²) in [4.78, 5) is 8.73. The van der Waals surface area contributed by atoms with Gasteiger partial charge in [0.15, 0.2) is 5.96 Å². The summed E-state index contributed by atoms with van der Waals surface area (Å²) in [5.74, 6) is 1.39. The maximum Gasteiger partial charge on any atom is 0.226 e. The molecule has 0 bridgehead atoms. The van der Waals surface area contributed by atoms with E-state index in [4.69, 9.17) is 9.15 Å². The largest absolute Gasteiger partial charge is 0.444 e. The lowest BCUT2D eigenvalue weighted by atomic mass is 10.2. The zero-order chi connectivity index (χ0) is 16.6. The van der Waals surface area contributed by atoms with E-state index in [1.165, 1.54) is 6.42 Å². The van der Waals surface area contributed by atoms with Gasteiger partial charge in [0.1, 0.15) is 6.26 Å². The standard InChI is InChI=1S/C18H24N4O2.HI/c1-19-18(20-10-9-16-8-5-11-23-16)21-12-15-13-24-17(22-15)14-6-3-2-4-7-14;/h2-4,6-7,13,16H,5,8-12H2,1H3,(H2,19,20,21);1H. The summed E-state index contributed by atoms with van der Waals surface area (Å²) in [6.45, 7) is 2.31. The molecule has 2 N–H and O–H groups in total. The fraction of sp³-hybridized carbons (Fsp3) is 0.444. The first-order valence-electron chi connectivity index (χ1n) is 8.41. The lowest BCUT2D eigenvalue weighted by Crippen LogP contribution is -2.38. The van der Waals surface area contributed by atoms with Gasteiger partial charge in [-0.15, -0.1) is 24.0 Å². The Balaban J connectivity index is 0.00000225. The molecule has 1 aliphatic rings.